The molecule has 0 saturated carbocycles. The molecule has 0 aliphatic carbocycles. The maximum atomic E-state index is 0. The van der Waals surface area contributed by atoms with Crippen LogP contribution in [0.4, 0.5) is 0 Å². The average molecular weight is 3060 g/mol. The largest absolute Gasteiger partial charge is 0.412 e. The first kappa shape index (κ1) is 1540. The van der Waals surface area contributed by atoms with Crippen LogP contribution < -0.4 is 0 Å². The van der Waals surface area contributed by atoms with Gasteiger partial charge in [-0.05, 0) is 0 Å². The average Bonchev–Trinajstić information content (AvgIpc) is 0. The van der Waals surface area contributed by atoms with Gasteiger partial charge < -0.3 is 219 Å². The van der Waals surface area contributed by atoms with Gasteiger partial charge in [0.25, 0.3) is 0 Å². The monoisotopic (exact) mass is 3060 g/mol. The molecule has 0 bridgehead atoms. The summed E-state index contributed by atoms with van der Waals surface area (Å²) in [6.45, 7) is 0. The topological polar surface area (TPSA) is 1260 Å². The van der Waals surface area contributed by atoms with Gasteiger partial charge in [-0.15, -0.1) is 0 Å². The molecule has 0 rings (SSSR count). The Bertz CT molecular complexity index is 80.6. The second-order valence-electron chi connectivity index (χ2n) is 0. The molecule has 80 N–H and O–H groups in total. The normalized spacial score (nSPS) is 0. The molecule has 10 radical (unpaired) electrons. The molecule has 59 heteroatoms. The van der Waals surface area contributed by atoms with Gasteiger partial charge in [0.15, 0.2) is 0 Å². The fourth-order valence-electron chi connectivity index (χ4n) is 0. The van der Waals surface area contributed by atoms with E-state index < -0.39 is 0 Å². The number of hydrogen-bond donors (Lipinski definition) is 0. The minimum atomic E-state index is 0. The summed E-state index contributed by atoms with van der Waals surface area (Å²) in [5.74, 6) is 0. The zero-order valence-electron chi connectivity index (χ0n) is 31.3. The van der Waals surface area contributed by atoms with Gasteiger partial charge in [-0.3, -0.25) is 0 Å². The third kappa shape index (κ3) is 1440. The Balaban J connectivity index is 0. The van der Waals surface area contributed by atoms with Crippen molar-refractivity contribution in [3.8, 4) is 0 Å². The van der Waals surface area contributed by atoms with E-state index in [9.17, 15) is 0 Å². The van der Waals surface area contributed by atoms with Gasteiger partial charge in [-0.25, -0.2) is 0 Å². The van der Waals surface area contributed by atoms with Crippen LogP contribution in [0.5, 0.6) is 0 Å². The molecule has 0 spiro atoms. The maximum Gasteiger partial charge on any atom is 0 e. The second kappa shape index (κ2) is 1480. The molecule has 0 amide bonds. The fraction of sp³-hybridized carbons (Fsp3) is 0. The Morgan fingerprint density at radius 2 is 0.0847 bits per heavy atom. The fourth-order valence-corrected chi connectivity index (χ4v) is 0. The van der Waals surface area contributed by atoms with Crippen LogP contribution in [0.1, 0.15) is 0 Å². The van der Waals surface area contributed by atoms with Crippen LogP contribution in [0.3, 0.4) is 0 Å². The van der Waals surface area contributed by atoms with Gasteiger partial charge >= 0.3 is 0 Å². The molecule has 406 valence electrons. The van der Waals surface area contributed by atoms with Crippen molar-refractivity contribution in [2.24, 2.45) is 0 Å². The van der Waals surface area contributed by atoms with Gasteiger partial charge in [0.05, 0.1) is 0 Å². The van der Waals surface area contributed by atoms with Crippen LogP contribution in [0, 0.1) is 0 Å². The van der Waals surface area contributed by atoms with E-state index in [2.05, 4.69) is 0 Å². The molecule has 0 aliphatic heterocycles. The van der Waals surface area contributed by atoms with Gasteiger partial charge in [0, 0.05) is 567 Å². The van der Waals surface area contributed by atoms with E-state index in [1.165, 1.54) is 0 Å². The SMILES string of the molecule is O.O.O.O.O.O.O.O.O.O.O.O.O.O.O.O.O.O.O.O.O.O.O.O.O.O.O.O.O.O.O.O.O.O.O.O.O.O.O.O.[K].[K].[K].[K].[K].[K].[Ni].[Si].[W].[W].[W].[W].[W].[W].[W].[W].[W].[W].[W]. The van der Waals surface area contributed by atoms with Crippen LogP contribution >= 0.6 is 0 Å². The molecule has 0 saturated heterocycles. The van der Waals surface area contributed by atoms with Gasteiger partial charge in [0.1, 0.15) is 0 Å². The van der Waals surface area contributed by atoms with Crippen molar-refractivity contribution in [2.75, 3.05) is 0 Å². The van der Waals surface area contributed by atoms with Crippen LogP contribution in [0.25, 0.3) is 0 Å². The zero-order valence-corrected chi connectivity index (χ0v) is 84.3. The molecule has 0 unspecified atom stereocenters. The molecule has 0 aromatic heterocycles. The van der Waals surface area contributed by atoms with Crippen molar-refractivity contribution >= 4 is 319 Å². The predicted molar refractivity (Wildman–Crippen MR) is 185 cm³/mol. The third-order valence-electron chi connectivity index (χ3n) is 0. The summed E-state index contributed by atoms with van der Waals surface area (Å²) < 4.78 is 0. The molecule has 0 fully saturated rings. The van der Waals surface area contributed by atoms with Crippen molar-refractivity contribution in [2.45, 2.75) is 0 Å². The first-order valence-corrected chi connectivity index (χ1v) is 0. The Hall–Kier alpha value is 16.5. The van der Waals surface area contributed by atoms with E-state index in [-0.39, 0.29) is 787 Å². The van der Waals surface area contributed by atoms with Gasteiger partial charge in [0.2, 0.25) is 0 Å². The van der Waals surface area contributed by atoms with Crippen LogP contribution in [0.15, 0.2) is 0 Å². The molecule has 0 atom stereocenters. The Labute approximate surface area is 765 Å². The molecule has 0 heterocycles. The maximum absolute atomic E-state index is 0. The summed E-state index contributed by atoms with van der Waals surface area (Å²) in [5.41, 5.74) is 0. The summed E-state index contributed by atoms with van der Waals surface area (Å²) in [4.78, 5) is 0. The van der Waals surface area contributed by atoms with Crippen LogP contribution in [-0.4, -0.2) is 538 Å². The third-order valence-corrected chi connectivity index (χ3v) is 0. The van der Waals surface area contributed by atoms with Gasteiger partial charge in [-0.1, -0.05) is 0 Å². The van der Waals surface area contributed by atoms with Crippen molar-refractivity contribution in [1.82, 2.24) is 0 Å². The minimum absolute atomic E-state index is 0. The van der Waals surface area contributed by atoms with Crippen molar-refractivity contribution < 1.29 is 467 Å². The Morgan fingerprint density at radius 1 is 0.0847 bits per heavy atom. The van der Waals surface area contributed by atoms with Crippen LogP contribution in [-0.2, 0) is 248 Å². The van der Waals surface area contributed by atoms with Crippen molar-refractivity contribution in [3.05, 3.63) is 0 Å². The quantitative estimate of drug-likeness (QED) is 0.204. The zero-order chi connectivity index (χ0) is 0. The molecular formula is H80K6NiO40SiW11. The second-order valence-corrected chi connectivity index (χ2v) is 0. The first-order chi connectivity index (χ1) is 0. The summed E-state index contributed by atoms with van der Waals surface area (Å²) in [5, 5.41) is 0. The number of hydrogen-bond acceptors (Lipinski definition) is 0. The van der Waals surface area contributed by atoms with Crippen molar-refractivity contribution in [1.29, 1.82) is 0 Å². The Morgan fingerprint density at radius 3 is 0.0847 bits per heavy atom. The Kier molecular flexibility index (Phi) is 38600. The van der Waals surface area contributed by atoms with E-state index >= 15 is 0 Å². The minimum Gasteiger partial charge on any atom is -0.412 e. The van der Waals surface area contributed by atoms with E-state index in [4.69, 9.17) is 0 Å². The summed E-state index contributed by atoms with van der Waals surface area (Å²) in [6.07, 6.45) is 0. The van der Waals surface area contributed by atoms with Crippen molar-refractivity contribution in [3.63, 3.8) is 0 Å². The molecule has 40 nitrogen and oxygen atoms in total. The standard InChI is InChI=1S/6K.Ni.40H2O.Si.11W/h;;;;;;;40*1H2;;;;;;;;;;;;. The molecule has 0 aliphatic rings. The van der Waals surface area contributed by atoms with E-state index in [1.807, 2.05) is 0 Å². The van der Waals surface area contributed by atoms with E-state index in [1.54, 1.807) is 0 Å². The summed E-state index contributed by atoms with van der Waals surface area (Å²) in [6, 6.07) is 0. The van der Waals surface area contributed by atoms with E-state index in [0.29, 0.717) is 0 Å². The molecule has 0 aromatic rings. The summed E-state index contributed by atoms with van der Waals surface area (Å²) >= 11 is 0. The molecular weight excluding hydrogens is 2980 g/mol. The molecule has 0 aromatic carbocycles. The smallest absolute Gasteiger partial charge is 0 e. The molecule has 59 heavy (non-hydrogen) atoms. The van der Waals surface area contributed by atoms with E-state index in [0.717, 1.165) is 0 Å². The van der Waals surface area contributed by atoms with Crippen LogP contribution in [0.2, 0.25) is 0 Å². The predicted octanol–water partition coefficient (Wildman–Crippen LogP) is -35.7. The van der Waals surface area contributed by atoms with Gasteiger partial charge in [-0.2, -0.15) is 0 Å². The number of rotatable bonds is 0. The first-order valence-electron chi connectivity index (χ1n) is 0. The summed E-state index contributed by atoms with van der Waals surface area (Å²) in [7, 11) is 0.